The molecule has 8 nitrogen and oxygen atoms in total. The van der Waals surface area contributed by atoms with Gasteiger partial charge in [-0.2, -0.15) is 4.98 Å². The van der Waals surface area contributed by atoms with Crippen LogP contribution in [0.3, 0.4) is 0 Å². The maximum absolute atomic E-state index is 12.0. The van der Waals surface area contributed by atoms with Crippen molar-refractivity contribution in [3.8, 4) is 28.6 Å². The third-order valence-electron chi connectivity index (χ3n) is 4.64. The van der Waals surface area contributed by atoms with Crippen molar-refractivity contribution in [1.29, 1.82) is 0 Å². The van der Waals surface area contributed by atoms with Crippen LogP contribution < -0.4 is 15.4 Å². The van der Waals surface area contributed by atoms with Crippen molar-refractivity contribution in [3.05, 3.63) is 42.6 Å². The van der Waals surface area contributed by atoms with Gasteiger partial charge in [-0.3, -0.25) is 4.79 Å². The number of anilines is 1. The van der Waals surface area contributed by atoms with Crippen molar-refractivity contribution in [3.63, 3.8) is 0 Å². The number of methoxy groups -OCH3 is 1. The van der Waals surface area contributed by atoms with Crippen LogP contribution in [0.15, 0.2) is 47.1 Å². The van der Waals surface area contributed by atoms with Gasteiger partial charge in [-0.15, -0.1) is 0 Å². The Bertz CT molecular complexity index is 937. The summed E-state index contributed by atoms with van der Waals surface area (Å²) < 4.78 is 10.5. The topological polar surface area (TPSA) is 102 Å². The molecule has 0 unspecified atom stereocenters. The molecule has 2 aromatic heterocycles. The van der Waals surface area contributed by atoms with Crippen LogP contribution in [-0.2, 0) is 4.79 Å². The molecule has 1 fully saturated rings. The van der Waals surface area contributed by atoms with Crippen LogP contribution in [-0.4, -0.2) is 40.7 Å². The lowest BCUT2D eigenvalue weighted by Gasteiger charge is -2.15. The van der Waals surface area contributed by atoms with Gasteiger partial charge in [0, 0.05) is 18.3 Å². The average molecular weight is 379 g/mol. The van der Waals surface area contributed by atoms with Crippen LogP contribution in [0.25, 0.3) is 22.8 Å². The fourth-order valence-electron chi connectivity index (χ4n) is 3.06. The van der Waals surface area contributed by atoms with E-state index in [-0.39, 0.29) is 11.9 Å². The Balaban J connectivity index is 1.46. The van der Waals surface area contributed by atoms with Gasteiger partial charge in [0.1, 0.15) is 17.6 Å². The van der Waals surface area contributed by atoms with Gasteiger partial charge >= 0.3 is 0 Å². The Kier molecular flexibility index (Phi) is 5.18. The predicted octanol–water partition coefficient (Wildman–Crippen LogP) is 2.89. The second-order valence-corrected chi connectivity index (χ2v) is 6.57. The number of hydrogen-bond acceptors (Lipinski definition) is 7. The lowest BCUT2D eigenvalue weighted by molar-refractivity contribution is -0.121. The highest BCUT2D eigenvalue weighted by Gasteiger charge is 2.20. The van der Waals surface area contributed by atoms with E-state index >= 15 is 0 Å². The molecule has 28 heavy (non-hydrogen) atoms. The third-order valence-corrected chi connectivity index (χ3v) is 4.64. The van der Waals surface area contributed by atoms with Crippen molar-refractivity contribution >= 4 is 11.7 Å². The molecule has 0 spiro atoms. The Morgan fingerprint density at radius 3 is 2.71 bits per heavy atom. The van der Waals surface area contributed by atoms with Crippen LogP contribution in [0.2, 0.25) is 0 Å². The van der Waals surface area contributed by atoms with Crippen LogP contribution >= 0.6 is 0 Å². The number of amides is 1. The van der Waals surface area contributed by atoms with E-state index in [9.17, 15) is 4.79 Å². The molecule has 144 valence electrons. The van der Waals surface area contributed by atoms with Crippen molar-refractivity contribution in [2.75, 3.05) is 19.0 Å². The van der Waals surface area contributed by atoms with Crippen LogP contribution in [0.5, 0.6) is 5.75 Å². The van der Waals surface area contributed by atoms with Crippen molar-refractivity contribution in [2.24, 2.45) is 0 Å². The molecule has 0 radical (unpaired) electrons. The lowest BCUT2D eigenvalue weighted by Crippen LogP contribution is -2.38. The standard InChI is InChI=1S/C20H21N5O3/c1-27-15-8-5-13(6-9-15)18-24-20(28-25-18)14-7-10-17(22-12-14)23-16-4-2-3-11-21-19(16)26/h5-10,12,16H,2-4,11H2,1H3,(H,21,26)(H,22,23)/t16-/m0/s1. The fraction of sp³-hybridized carbons (Fsp3) is 0.300. The fourth-order valence-corrected chi connectivity index (χ4v) is 3.06. The number of ether oxygens (including phenoxy) is 1. The first-order valence-electron chi connectivity index (χ1n) is 9.22. The molecule has 1 aliphatic rings. The van der Waals surface area contributed by atoms with Gasteiger partial charge in [-0.05, 0) is 55.7 Å². The Labute approximate surface area is 162 Å². The number of nitrogens with one attached hydrogen (secondary N) is 2. The minimum atomic E-state index is -0.258. The monoisotopic (exact) mass is 379 g/mol. The molecule has 2 N–H and O–H groups in total. The Hall–Kier alpha value is -3.42. The van der Waals surface area contributed by atoms with Gasteiger partial charge in [-0.25, -0.2) is 4.98 Å². The van der Waals surface area contributed by atoms with E-state index in [1.54, 1.807) is 13.3 Å². The van der Waals surface area contributed by atoms with Crippen molar-refractivity contribution in [1.82, 2.24) is 20.4 Å². The number of carbonyl (C=O) groups excluding carboxylic acids is 1. The molecule has 3 heterocycles. The maximum atomic E-state index is 12.0. The molecule has 4 rings (SSSR count). The smallest absolute Gasteiger partial charge is 0.259 e. The molecule has 8 heteroatoms. The molecule has 0 saturated carbocycles. The summed E-state index contributed by atoms with van der Waals surface area (Å²) in [5.41, 5.74) is 1.55. The van der Waals surface area contributed by atoms with Crippen LogP contribution in [0.1, 0.15) is 19.3 Å². The predicted molar refractivity (Wildman–Crippen MR) is 104 cm³/mol. The first kappa shape index (κ1) is 18.0. The highest BCUT2D eigenvalue weighted by atomic mass is 16.5. The second kappa shape index (κ2) is 8.08. The van der Waals surface area contributed by atoms with E-state index in [0.29, 0.717) is 23.1 Å². The third kappa shape index (κ3) is 3.95. The molecule has 1 aliphatic heterocycles. The number of aromatic nitrogens is 3. The Morgan fingerprint density at radius 1 is 1.14 bits per heavy atom. The number of nitrogens with zero attached hydrogens (tertiary/aromatic N) is 3. The molecule has 0 bridgehead atoms. The van der Waals surface area contributed by atoms with Gasteiger partial charge < -0.3 is 19.9 Å². The SMILES string of the molecule is COc1ccc(-c2noc(-c3ccc(N[C@H]4CCCCNC4=O)nc3)n2)cc1. The lowest BCUT2D eigenvalue weighted by atomic mass is 10.1. The van der Waals surface area contributed by atoms with Gasteiger partial charge in [-0.1, -0.05) is 5.16 Å². The minimum absolute atomic E-state index is 0.0180. The highest BCUT2D eigenvalue weighted by Crippen LogP contribution is 2.24. The summed E-state index contributed by atoms with van der Waals surface area (Å²) in [5, 5.41) is 10.1. The zero-order valence-electron chi connectivity index (χ0n) is 15.5. The number of pyridine rings is 1. The van der Waals surface area contributed by atoms with E-state index in [0.717, 1.165) is 37.1 Å². The zero-order chi connectivity index (χ0) is 19.3. The minimum Gasteiger partial charge on any atom is -0.497 e. The van der Waals surface area contributed by atoms with E-state index in [2.05, 4.69) is 25.8 Å². The quantitative estimate of drug-likeness (QED) is 0.703. The normalized spacial score (nSPS) is 16.9. The molecule has 0 aliphatic carbocycles. The number of benzene rings is 1. The zero-order valence-corrected chi connectivity index (χ0v) is 15.5. The summed E-state index contributed by atoms with van der Waals surface area (Å²) in [6.45, 7) is 0.733. The molecule has 1 aromatic carbocycles. The summed E-state index contributed by atoms with van der Waals surface area (Å²) >= 11 is 0. The van der Waals surface area contributed by atoms with Crippen LogP contribution in [0.4, 0.5) is 5.82 Å². The molecule has 3 aromatic rings. The molecule has 1 saturated heterocycles. The van der Waals surface area contributed by atoms with Crippen molar-refractivity contribution in [2.45, 2.75) is 25.3 Å². The van der Waals surface area contributed by atoms with Crippen LogP contribution in [0, 0.1) is 0 Å². The van der Waals surface area contributed by atoms with E-state index in [4.69, 9.17) is 9.26 Å². The summed E-state index contributed by atoms with van der Waals surface area (Å²) in [4.78, 5) is 20.9. The van der Waals surface area contributed by atoms with Crippen molar-refractivity contribution < 1.29 is 14.1 Å². The first-order valence-corrected chi connectivity index (χ1v) is 9.22. The second-order valence-electron chi connectivity index (χ2n) is 6.57. The summed E-state index contributed by atoms with van der Waals surface area (Å²) in [7, 11) is 1.62. The van der Waals surface area contributed by atoms with Gasteiger partial charge in [0.05, 0.1) is 12.7 Å². The molecular weight excluding hydrogens is 358 g/mol. The Morgan fingerprint density at radius 2 is 1.96 bits per heavy atom. The highest BCUT2D eigenvalue weighted by molar-refractivity contribution is 5.84. The number of hydrogen-bond donors (Lipinski definition) is 2. The molecule has 1 atom stereocenters. The first-order chi connectivity index (χ1) is 13.7. The summed E-state index contributed by atoms with van der Waals surface area (Å²) in [6, 6.07) is 10.8. The molecule has 1 amide bonds. The van der Waals surface area contributed by atoms with Gasteiger partial charge in [0.2, 0.25) is 11.7 Å². The maximum Gasteiger partial charge on any atom is 0.259 e. The number of rotatable bonds is 5. The average Bonchev–Trinajstić information content (AvgIpc) is 3.14. The largest absolute Gasteiger partial charge is 0.497 e. The van der Waals surface area contributed by atoms with Gasteiger partial charge in [0.15, 0.2) is 0 Å². The summed E-state index contributed by atoms with van der Waals surface area (Å²) in [5.74, 6) is 2.30. The number of carbonyl (C=O) groups is 1. The van der Waals surface area contributed by atoms with E-state index in [1.165, 1.54) is 0 Å². The van der Waals surface area contributed by atoms with E-state index in [1.807, 2.05) is 36.4 Å². The van der Waals surface area contributed by atoms with E-state index < -0.39 is 0 Å². The molecular formula is C20H21N5O3. The van der Waals surface area contributed by atoms with Gasteiger partial charge in [0.25, 0.3) is 5.89 Å². The summed E-state index contributed by atoms with van der Waals surface area (Å²) in [6.07, 6.45) is 4.46.